The molecule has 0 aliphatic carbocycles. The van der Waals surface area contributed by atoms with Crippen molar-refractivity contribution in [2.24, 2.45) is 7.05 Å². The Morgan fingerprint density at radius 1 is 1.32 bits per heavy atom. The number of hydrogen-bond donors (Lipinski definition) is 0. The minimum Gasteiger partial charge on any atom is -0.481 e. The van der Waals surface area contributed by atoms with Crippen molar-refractivity contribution in [3.8, 4) is 5.88 Å². The molecule has 9 nitrogen and oxygen atoms in total. The summed E-state index contributed by atoms with van der Waals surface area (Å²) in [5.41, 5.74) is 0.589. The fraction of sp³-hybridized carbons (Fsp3) is 0.421. The van der Waals surface area contributed by atoms with Gasteiger partial charge in [0.15, 0.2) is 5.82 Å². The highest BCUT2D eigenvalue weighted by atomic mass is 16.5. The maximum Gasteiger partial charge on any atom is 0.254 e. The number of amides is 1. The van der Waals surface area contributed by atoms with Crippen LogP contribution in [0.25, 0.3) is 0 Å². The average Bonchev–Trinajstić information content (AvgIpc) is 3.38. The number of carbonyl (C=O) groups is 1. The summed E-state index contributed by atoms with van der Waals surface area (Å²) in [5, 5.41) is 8.78. The third kappa shape index (κ3) is 3.60. The highest BCUT2D eigenvalue weighted by Gasteiger charge is 2.29. The van der Waals surface area contributed by atoms with Crippen LogP contribution in [0.15, 0.2) is 37.1 Å². The van der Waals surface area contributed by atoms with Gasteiger partial charge in [-0.2, -0.15) is 0 Å². The maximum atomic E-state index is 12.9. The molecule has 28 heavy (non-hydrogen) atoms. The lowest BCUT2D eigenvalue weighted by Crippen LogP contribution is -2.39. The Bertz CT molecular complexity index is 951. The van der Waals surface area contributed by atoms with E-state index >= 15 is 0 Å². The second-order valence-electron chi connectivity index (χ2n) is 6.95. The molecule has 4 heterocycles. The van der Waals surface area contributed by atoms with Crippen LogP contribution in [0.2, 0.25) is 0 Å². The molecule has 3 aromatic heterocycles. The quantitative estimate of drug-likeness (QED) is 0.665. The van der Waals surface area contributed by atoms with Crippen molar-refractivity contribution in [1.29, 1.82) is 0 Å². The van der Waals surface area contributed by atoms with Gasteiger partial charge in [-0.3, -0.25) is 4.79 Å². The average molecular weight is 381 g/mol. The molecule has 146 valence electrons. The van der Waals surface area contributed by atoms with Gasteiger partial charge in [-0.25, -0.2) is 9.97 Å². The molecule has 1 aliphatic heterocycles. The number of nitrogens with zero attached hydrogens (tertiary/aromatic N) is 7. The normalized spacial score (nSPS) is 16.9. The van der Waals surface area contributed by atoms with Gasteiger partial charge in [-0.05, 0) is 18.9 Å². The summed E-state index contributed by atoms with van der Waals surface area (Å²) in [6, 6.07) is 3.40. The Kier molecular flexibility index (Phi) is 5.05. The zero-order chi connectivity index (χ0) is 19.5. The van der Waals surface area contributed by atoms with Gasteiger partial charge < -0.3 is 18.8 Å². The predicted octanol–water partition coefficient (Wildman–Crippen LogP) is 1.48. The number of ether oxygens (including phenoxy) is 1. The van der Waals surface area contributed by atoms with Crippen LogP contribution >= 0.6 is 0 Å². The van der Waals surface area contributed by atoms with E-state index in [0.29, 0.717) is 24.5 Å². The fourth-order valence-corrected chi connectivity index (χ4v) is 3.62. The predicted molar refractivity (Wildman–Crippen MR) is 101 cm³/mol. The molecule has 0 spiro atoms. The minimum absolute atomic E-state index is 0.00814. The van der Waals surface area contributed by atoms with Crippen molar-refractivity contribution in [2.45, 2.75) is 25.3 Å². The number of pyridine rings is 1. The summed E-state index contributed by atoms with van der Waals surface area (Å²) in [4.78, 5) is 23.0. The van der Waals surface area contributed by atoms with Gasteiger partial charge in [0.25, 0.3) is 5.91 Å². The first-order valence-corrected chi connectivity index (χ1v) is 9.29. The first kappa shape index (κ1) is 18.1. The first-order valence-electron chi connectivity index (χ1n) is 9.29. The first-order chi connectivity index (χ1) is 13.7. The summed E-state index contributed by atoms with van der Waals surface area (Å²) < 4.78 is 9.13. The topological polar surface area (TPSA) is 91.0 Å². The van der Waals surface area contributed by atoms with E-state index in [0.717, 1.165) is 31.0 Å². The number of carbonyl (C=O) groups excluding carboxylic acids is 1. The number of rotatable bonds is 5. The Morgan fingerprint density at radius 2 is 2.21 bits per heavy atom. The lowest BCUT2D eigenvalue weighted by Gasteiger charge is -2.32. The number of methoxy groups -OCH3 is 1. The van der Waals surface area contributed by atoms with Crippen LogP contribution in [0, 0.1) is 0 Å². The zero-order valence-electron chi connectivity index (χ0n) is 16.0. The van der Waals surface area contributed by atoms with Crippen LogP contribution in [0.4, 0.5) is 0 Å². The van der Waals surface area contributed by atoms with Crippen molar-refractivity contribution in [1.82, 2.24) is 34.2 Å². The van der Waals surface area contributed by atoms with E-state index in [9.17, 15) is 4.79 Å². The van der Waals surface area contributed by atoms with Crippen LogP contribution < -0.4 is 4.74 Å². The van der Waals surface area contributed by atoms with Crippen LogP contribution in [0.3, 0.4) is 0 Å². The number of likely N-dealkylation sites (tertiary alicyclic amines) is 1. The fourth-order valence-electron chi connectivity index (χ4n) is 3.62. The van der Waals surface area contributed by atoms with Crippen molar-refractivity contribution >= 4 is 5.91 Å². The monoisotopic (exact) mass is 381 g/mol. The van der Waals surface area contributed by atoms with Gasteiger partial charge in [0.05, 0.1) is 20.0 Å². The van der Waals surface area contributed by atoms with E-state index in [1.54, 1.807) is 38.0 Å². The van der Waals surface area contributed by atoms with E-state index in [1.165, 1.54) is 0 Å². The molecule has 4 rings (SSSR count). The number of imidazole rings is 1. The van der Waals surface area contributed by atoms with E-state index in [2.05, 4.69) is 20.2 Å². The van der Waals surface area contributed by atoms with Gasteiger partial charge in [0.1, 0.15) is 5.82 Å². The molecular weight excluding hydrogens is 358 g/mol. The van der Waals surface area contributed by atoms with Crippen molar-refractivity contribution in [2.75, 3.05) is 20.2 Å². The molecule has 1 saturated heterocycles. The minimum atomic E-state index is -0.00814. The van der Waals surface area contributed by atoms with Crippen LogP contribution in [-0.4, -0.2) is 60.3 Å². The molecule has 0 saturated carbocycles. The number of hydrogen-bond acceptors (Lipinski definition) is 6. The summed E-state index contributed by atoms with van der Waals surface area (Å²) in [5.74, 6) is 2.38. The summed E-state index contributed by atoms with van der Waals surface area (Å²) in [7, 11) is 3.53. The van der Waals surface area contributed by atoms with Crippen molar-refractivity contribution in [3.63, 3.8) is 0 Å². The Balaban J connectivity index is 1.49. The van der Waals surface area contributed by atoms with Crippen molar-refractivity contribution in [3.05, 3.63) is 54.3 Å². The van der Waals surface area contributed by atoms with Crippen molar-refractivity contribution < 1.29 is 9.53 Å². The number of aromatic nitrogens is 6. The summed E-state index contributed by atoms with van der Waals surface area (Å²) in [6.45, 7) is 1.98. The number of piperidine rings is 1. The van der Waals surface area contributed by atoms with Gasteiger partial charge in [-0.15, -0.1) is 10.2 Å². The molecule has 0 bridgehead atoms. The van der Waals surface area contributed by atoms with Crippen LogP contribution in [-0.2, 0) is 13.6 Å². The highest BCUT2D eigenvalue weighted by molar-refractivity contribution is 5.94. The molecule has 1 aliphatic rings. The van der Waals surface area contributed by atoms with Gasteiger partial charge >= 0.3 is 0 Å². The van der Waals surface area contributed by atoms with E-state index in [4.69, 9.17) is 4.74 Å². The molecular formula is C19H23N7O2. The van der Waals surface area contributed by atoms with Gasteiger partial charge in [-0.1, -0.05) is 0 Å². The standard InChI is InChI=1S/C19H23N7O2/c1-24-16(12-25-9-7-20-13-25)22-23-18(24)15-4-3-8-26(11-15)19(27)14-5-6-21-17(10-14)28-2/h5-7,9-10,13,15H,3-4,8,11-12H2,1-2H3/t15-/m0/s1. The summed E-state index contributed by atoms with van der Waals surface area (Å²) in [6.07, 6.45) is 8.92. The lowest BCUT2D eigenvalue weighted by molar-refractivity contribution is 0.0703. The van der Waals surface area contributed by atoms with Crippen LogP contribution in [0.5, 0.6) is 5.88 Å². The molecule has 0 radical (unpaired) electrons. The molecule has 1 amide bonds. The lowest BCUT2D eigenvalue weighted by atomic mass is 9.96. The second kappa shape index (κ2) is 7.79. The molecule has 0 aromatic carbocycles. The third-order valence-corrected chi connectivity index (χ3v) is 5.15. The molecule has 0 N–H and O–H groups in total. The molecule has 1 fully saturated rings. The van der Waals surface area contributed by atoms with Crippen LogP contribution in [0.1, 0.15) is 40.8 Å². The smallest absolute Gasteiger partial charge is 0.254 e. The Morgan fingerprint density at radius 3 is 3.00 bits per heavy atom. The second-order valence-corrected chi connectivity index (χ2v) is 6.95. The van der Waals surface area contributed by atoms with E-state index in [1.807, 2.05) is 27.3 Å². The molecule has 9 heteroatoms. The molecule has 1 atom stereocenters. The SMILES string of the molecule is COc1cc(C(=O)N2CCC[C@H](c3nnc(Cn4ccnc4)n3C)C2)ccn1. The molecule has 3 aromatic rings. The maximum absolute atomic E-state index is 12.9. The zero-order valence-corrected chi connectivity index (χ0v) is 16.0. The third-order valence-electron chi connectivity index (χ3n) is 5.15. The Hall–Kier alpha value is -3.23. The Labute approximate surface area is 163 Å². The summed E-state index contributed by atoms with van der Waals surface area (Å²) >= 11 is 0. The largest absolute Gasteiger partial charge is 0.481 e. The molecule has 0 unspecified atom stereocenters. The van der Waals surface area contributed by atoms with E-state index < -0.39 is 0 Å². The highest BCUT2D eigenvalue weighted by Crippen LogP contribution is 2.27. The van der Waals surface area contributed by atoms with Gasteiger partial charge in [0.2, 0.25) is 5.88 Å². The van der Waals surface area contributed by atoms with Gasteiger partial charge in [0, 0.05) is 56.3 Å². The van der Waals surface area contributed by atoms with E-state index in [-0.39, 0.29) is 11.8 Å².